The fourth-order valence-corrected chi connectivity index (χ4v) is 1.09. The molecule has 0 radical (unpaired) electrons. The van der Waals surface area contributed by atoms with Gasteiger partial charge in [-0.2, -0.15) is 0 Å². The van der Waals surface area contributed by atoms with Crippen LogP contribution in [0.5, 0.6) is 0 Å². The highest BCUT2D eigenvalue weighted by molar-refractivity contribution is 4.68. The van der Waals surface area contributed by atoms with Crippen LogP contribution in [0, 0.1) is 11.3 Å². The molecule has 0 rings (SSSR count). The Kier molecular flexibility index (Phi) is 4.74. The van der Waals surface area contributed by atoms with Crippen molar-refractivity contribution < 1.29 is 0 Å². The molecule has 0 saturated heterocycles. The van der Waals surface area contributed by atoms with Gasteiger partial charge < -0.3 is 5.73 Å². The summed E-state index contributed by atoms with van der Waals surface area (Å²) in [6.07, 6.45) is 3.92. The van der Waals surface area contributed by atoms with Crippen molar-refractivity contribution in [3.8, 4) is 0 Å². The molecule has 0 aromatic carbocycles. The van der Waals surface area contributed by atoms with Crippen LogP contribution < -0.4 is 5.73 Å². The van der Waals surface area contributed by atoms with Crippen molar-refractivity contribution in [2.45, 2.75) is 47.0 Å². The monoisotopic (exact) mass is 157 g/mol. The summed E-state index contributed by atoms with van der Waals surface area (Å²) in [6.45, 7) is 9.84. The zero-order valence-electron chi connectivity index (χ0n) is 8.48. The molecular weight excluding hydrogens is 134 g/mol. The molecule has 1 heteroatoms. The fourth-order valence-electron chi connectivity index (χ4n) is 1.09. The molecule has 0 spiro atoms. The average molecular weight is 157 g/mol. The van der Waals surface area contributed by atoms with Crippen molar-refractivity contribution in [1.29, 1.82) is 0 Å². The van der Waals surface area contributed by atoms with Crippen molar-refractivity contribution in [2.75, 3.05) is 6.54 Å². The lowest BCUT2D eigenvalue weighted by molar-refractivity contribution is 0.323. The minimum atomic E-state index is 0.356. The Morgan fingerprint density at radius 1 is 1.27 bits per heavy atom. The van der Waals surface area contributed by atoms with Gasteiger partial charge in [0.1, 0.15) is 0 Å². The van der Waals surface area contributed by atoms with E-state index in [0.29, 0.717) is 5.41 Å². The van der Waals surface area contributed by atoms with Crippen molar-refractivity contribution in [2.24, 2.45) is 17.1 Å². The van der Waals surface area contributed by atoms with Crippen molar-refractivity contribution in [3.63, 3.8) is 0 Å². The van der Waals surface area contributed by atoms with E-state index in [1.54, 1.807) is 0 Å². The SMILES string of the molecule is CC(C)CCCC(C)(C)CN. The molecule has 0 aromatic rings. The van der Waals surface area contributed by atoms with Crippen molar-refractivity contribution in [3.05, 3.63) is 0 Å². The second kappa shape index (κ2) is 4.76. The third-order valence-corrected chi connectivity index (χ3v) is 2.19. The number of hydrogen-bond acceptors (Lipinski definition) is 1. The molecule has 2 N–H and O–H groups in total. The lowest BCUT2D eigenvalue weighted by Crippen LogP contribution is -2.23. The van der Waals surface area contributed by atoms with E-state index in [4.69, 9.17) is 5.73 Å². The molecule has 0 aliphatic rings. The maximum Gasteiger partial charge on any atom is -0.00258 e. The number of nitrogens with two attached hydrogens (primary N) is 1. The van der Waals surface area contributed by atoms with Gasteiger partial charge in [0.25, 0.3) is 0 Å². The van der Waals surface area contributed by atoms with Crippen LogP contribution >= 0.6 is 0 Å². The van der Waals surface area contributed by atoms with E-state index < -0.39 is 0 Å². The Morgan fingerprint density at radius 2 is 1.82 bits per heavy atom. The zero-order valence-corrected chi connectivity index (χ0v) is 8.48. The molecule has 68 valence electrons. The van der Waals surface area contributed by atoms with Gasteiger partial charge in [-0.1, -0.05) is 40.5 Å². The van der Waals surface area contributed by atoms with Crippen molar-refractivity contribution in [1.82, 2.24) is 0 Å². The van der Waals surface area contributed by atoms with E-state index in [1.165, 1.54) is 19.3 Å². The Morgan fingerprint density at radius 3 is 2.18 bits per heavy atom. The van der Waals surface area contributed by atoms with Gasteiger partial charge in [0, 0.05) is 0 Å². The standard InChI is InChI=1S/C10H23N/c1-9(2)6-5-7-10(3,4)8-11/h9H,5-8,11H2,1-4H3. The second-order valence-corrected chi connectivity index (χ2v) is 4.65. The largest absolute Gasteiger partial charge is 0.330 e. The van der Waals surface area contributed by atoms with Crippen LogP contribution in [-0.2, 0) is 0 Å². The predicted octanol–water partition coefficient (Wildman–Crippen LogP) is 2.80. The third kappa shape index (κ3) is 6.36. The average Bonchev–Trinajstić information content (AvgIpc) is 1.87. The summed E-state index contributed by atoms with van der Waals surface area (Å²) in [6, 6.07) is 0. The maximum atomic E-state index is 5.62. The summed E-state index contributed by atoms with van der Waals surface area (Å²) in [5.41, 5.74) is 5.98. The first kappa shape index (κ1) is 11.0. The van der Waals surface area contributed by atoms with Gasteiger partial charge in [-0.15, -0.1) is 0 Å². The molecule has 11 heavy (non-hydrogen) atoms. The summed E-state index contributed by atoms with van der Waals surface area (Å²) < 4.78 is 0. The van der Waals surface area contributed by atoms with Crippen LogP contribution in [0.25, 0.3) is 0 Å². The van der Waals surface area contributed by atoms with Crippen molar-refractivity contribution >= 4 is 0 Å². The minimum Gasteiger partial charge on any atom is -0.330 e. The van der Waals surface area contributed by atoms with Gasteiger partial charge in [0.05, 0.1) is 0 Å². The third-order valence-electron chi connectivity index (χ3n) is 2.19. The summed E-state index contributed by atoms with van der Waals surface area (Å²) in [5, 5.41) is 0. The highest BCUT2D eigenvalue weighted by Gasteiger charge is 2.14. The Bertz CT molecular complexity index is 95.0. The highest BCUT2D eigenvalue weighted by Crippen LogP contribution is 2.22. The van der Waals surface area contributed by atoms with Gasteiger partial charge in [-0.25, -0.2) is 0 Å². The topological polar surface area (TPSA) is 26.0 Å². The summed E-state index contributed by atoms with van der Waals surface area (Å²) in [5.74, 6) is 0.837. The van der Waals surface area contributed by atoms with Gasteiger partial charge in [0.15, 0.2) is 0 Å². The van der Waals surface area contributed by atoms with E-state index in [0.717, 1.165) is 12.5 Å². The van der Waals surface area contributed by atoms with Crippen LogP contribution in [0.1, 0.15) is 47.0 Å². The molecule has 0 aliphatic heterocycles. The lowest BCUT2D eigenvalue weighted by Gasteiger charge is -2.22. The van der Waals surface area contributed by atoms with Crippen LogP contribution in [0.15, 0.2) is 0 Å². The predicted molar refractivity (Wildman–Crippen MR) is 51.5 cm³/mol. The number of rotatable bonds is 5. The van der Waals surface area contributed by atoms with E-state index >= 15 is 0 Å². The maximum absolute atomic E-state index is 5.62. The molecule has 0 fully saturated rings. The van der Waals surface area contributed by atoms with Gasteiger partial charge in [-0.3, -0.25) is 0 Å². The quantitative estimate of drug-likeness (QED) is 0.652. The first-order chi connectivity index (χ1) is 4.98. The minimum absolute atomic E-state index is 0.356. The molecule has 0 atom stereocenters. The van der Waals surface area contributed by atoms with Crippen LogP contribution in [0.3, 0.4) is 0 Å². The number of hydrogen-bond donors (Lipinski definition) is 1. The first-order valence-corrected chi connectivity index (χ1v) is 4.68. The van der Waals surface area contributed by atoms with Crippen LogP contribution in [0.4, 0.5) is 0 Å². The molecule has 0 aromatic heterocycles. The Labute approximate surface area is 71.4 Å². The Balaban J connectivity index is 3.38. The lowest BCUT2D eigenvalue weighted by atomic mass is 9.86. The van der Waals surface area contributed by atoms with E-state index in [-0.39, 0.29) is 0 Å². The van der Waals surface area contributed by atoms with Gasteiger partial charge in [0.2, 0.25) is 0 Å². The van der Waals surface area contributed by atoms with E-state index in [2.05, 4.69) is 27.7 Å². The van der Waals surface area contributed by atoms with Crippen LogP contribution in [-0.4, -0.2) is 6.54 Å². The summed E-state index contributed by atoms with van der Waals surface area (Å²) in [4.78, 5) is 0. The van der Waals surface area contributed by atoms with E-state index in [1.807, 2.05) is 0 Å². The zero-order chi connectivity index (χ0) is 8.91. The Hall–Kier alpha value is -0.0400. The van der Waals surface area contributed by atoms with E-state index in [9.17, 15) is 0 Å². The molecule has 0 amide bonds. The molecule has 0 saturated carbocycles. The fraction of sp³-hybridized carbons (Fsp3) is 1.00. The smallest absolute Gasteiger partial charge is 0.00258 e. The van der Waals surface area contributed by atoms with Gasteiger partial charge >= 0.3 is 0 Å². The molecule has 1 nitrogen and oxygen atoms in total. The first-order valence-electron chi connectivity index (χ1n) is 4.68. The van der Waals surface area contributed by atoms with Crippen LogP contribution in [0.2, 0.25) is 0 Å². The molecule has 0 bridgehead atoms. The highest BCUT2D eigenvalue weighted by atomic mass is 14.6. The molecule has 0 aliphatic carbocycles. The normalized spacial score (nSPS) is 12.5. The molecular formula is C10H23N. The summed E-state index contributed by atoms with van der Waals surface area (Å²) in [7, 11) is 0. The molecule has 0 unspecified atom stereocenters. The van der Waals surface area contributed by atoms with Gasteiger partial charge in [-0.05, 0) is 24.3 Å². The second-order valence-electron chi connectivity index (χ2n) is 4.65. The molecule has 0 heterocycles. The summed E-state index contributed by atoms with van der Waals surface area (Å²) >= 11 is 0.